The van der Waals surface area contributed by atoms with Crippen molar-refractivity contribution in [2.75, 3.05) is 0 Å². The first kappa shape index (κ1) is 13.0. The molecule has 2 aromatic rings. The average Bonchev–Trinajstić information content (AvgIpc) is 2.39. The van der Waals surface area contributed by atoms with Crippen LogP contribution in [0, 0.1) is 0 Å². The number of sulfone groups is 1. The largest absolute Gasteiger partial charge is 0.298 e. The SMILES string of the molecule is O=Cc1cc(Br)ccc1S(=O)(=O)c1ccccc1. The summed E-state index contributed by atoms with van der Waals surface area (Å²) in [4.78, 5) is 11.2. The zero-order valence-electron chi connectivity index (χ0n) is 9.21. The zero-order valence-corrected chi connectivity index (χ0v) is 11.6. The van der Waals surface area contributed by atoms with Crippen LogP contribution in [-0.2, 0) is 9.84 Å². The van der Waals surface area contributed by atoms with Crippen LogP contribution in [0.15, 0.2) is 62.8 Å². The van der Waals surface area contributed by atoms with Gasteiger partial charge in [-0.2, -0.15) is 0 Å². The highest BCUT2D eigenvalue weighted by molar-refractivity contribution is 9.10. The Morgan fingerprint density at radius 2 is 1.67 bits per heavy atom. The maximum Gasteiger partial charge on any atom is 0.207 e. The molecule has 5 heteroatoms. The Morgan fingerprint density at radius 3 is 2.28 bits per heavy atom. The molecule has 18 heavy (non-hydrogen) atoms. The van der Waals surface area contributed by atoms with E-state index in [-0.39, 0.29) is 15.4 Å². The second kappa shape index (κ2) is 5.04. The van der Waals surface area contributed by atoms with Crippen molar-refractivity contribution in [1.82, 2.24) is 0 Å². The molecule has 2 aromatic carbocycles. The van der Waals surface area contributed by atoms with Crippen LogP contribution in [0.4, 0.5) is 0 Å². The molecule has 0 amide bonds. The fraction of sp³-hybridized carbons (Fsp3) is 0. The third-order valence-electron chi connectivity index (χ3n) is 2.44. The van der Waals surface area contributed by atoms with Gasteiger partial charge in [0.2, 0.25) is 9.84 Å². The Hall–Kier alpha value is -1.46. The topological polar surface area (TPSA) is 51.2 Å². The summed E-state index contributed by atoms with van der Waals surface area (Å²) in [5.74, 6) is 0. The maximum atomic E-state index is 12.4. The van der Waals surface area contributed by atoms with E-state index in [9.17, 15) is 13.2 Å². The van der Waals surface area contributed by atoms with Crippen molar-refractivity contribution >= 4 is 32.1 Å². The van der Waals surface area contributed by atoms with Gasteiger partial charge in [-0.1, -0.05) is 34.1 Å². The van der Waals surface area contributed by atoms with Crippen molar-refractivity contribution < 1.29 is 13.2 Å². The Kier molecular flexibility index (Phi) is 3.63. The molecule has 2 rings (SSSR count). The summed E-state index contributed by atoms with van der Waals surface area (Å²) < 4.78 is 25.4. The molecular weight excluding hydrogens is 316 g/mol. The monoisotopic (exact) mass is 324 g/mol. The summed E-state index contributed by atoms with van der Waals surface area (Å²) in [7, 11) is -3.65. The fourth-order valence-electron chi connectivity index (χ4n) is 1.58. The molecule has 0 aliphatic carbocycles. The minimum atomic E-state index is -3.65. The predicted octanol–water partition coefficient (Wildman–Crippen LogP) is 3.09. The van der Waals surface area contributed by atoms with Gasteiger partial charge in [0.1, 0.15) is 0 Å². The van der Waals surface area contributed by atoms with Gasteiger partial charge in [0, 0.05) is 10.0 Å². The molecule has 92 valence electrons. The lowest BCUT2D eigenvalue weighted by Crippen LogP contribution is -2.05. The van der Waals surface area contributed by atoms with Crippen LogP contribution < -0.4 is 0 Å². The fourth-order valence-corrected chi connectivity index (χ4v) is 3.40. The quantitative estimate of drug-likeness (QED) is 0.815. The van der Waals surface area contributed by atoms with Gasteiger partial charge < -0.3 is 0 Å². The Balaban J connectivity index is 2.66. The van der Waals surface area contributed by atoms with Crippen LogP contribution in [0.25, 0.3) is 0 Å². The van der Waals surface area contributed by atoms with E-state index in [1.807, 2.05) is 0 Å². The lowest BCUT2D eigenvalue weighted by atomic mass is 10.2. The third kappa shape index (κ3) is 2.37. The number of halogens is 1. The van der Waals surface area contributed by atoms with Gasteiger partial charge in [-0.05, 0) is 30.3 Å². The normalized spacial score (nSPS) is 11.2. The van der Waals surface area contributed by atoms with Crippen LogP contribution >= 0.6 is 15.9 Å². The first-order chi connectivity index (χ1) is 8.55. The smallest absolute Gasteiger partial charge is 0.207 e. The van der Waals surface area contributed by atoms with Gasteiger partial charge >= 0.3 is 0 Å². The van der Waals surface area contributed by atoms with Crippen LogP contribution in [-0.4, -0.2) is 14.7 Å². The number of hydrogen-bond acceptors (Lipinski definition) is 3. The Labute approximate surface area is 114 Å². The highest BCUT2D eigenvalue weighted by Gasteiger charge is 2.20. The van der Waals surface area contributed by atoms with Gasteiger partial charge in [0.25, 0.3) is 0 Å². The van der Waals surface area contributed by atoms with E-state index in [0.29, 0.717) is 10.8 Å². The molecule has 3 nitrogen and oxygen atoms in total. The van der Waals surface area contributed by atoms with E-state index < -0.39 is 9.84 Å². The minimum absolute atomic E-state index is 0.0203. The van der Waals surface area contributed by atoms with Gasteiger partial charge in [0.05, 0.1) is 9.79 Å². The van der Waals surface area contributed by atoms with E-state index >= 15 is 0 Å². The second-order valence-corrected chi connectivity index (χ2v) is 6.45. The van der Waals surface area contributed by atoms with Crippen molar-refractivity contribution in [1.29, 1.82) is 0 Å². The first-order valence-corrected chi connectivity index (χ1v) is 7.38. The number of benzene rings is 2. The maximum absolute atomic E-state index is 12.4. The number of carbonyl (C=O) groups is 1. The molecule has 0 aliphatic heterocycles. The molecule has 0 unspecified atom stereocenters. The summed E-state index contributed by atoms with van der Waals surface area (Å²) >= 11 is 3.21. The van der Waals surface area contributed by atoms with Gasteiger partial charge in [-0.25, -0.2) is 8.42 Å². The summed E-state index contributed by atoms with van der Waals surface area (Å²) in [6.45, 7) is 0. The van der Waals surface area contributed by atoms with Crippen molar-refractivity contribution in [3.63, 3.8) is 0 Å². The van der Waals surface area contributed by atoms with Crippen molar-refractivity contribution in [2.45, 2.75) is 9.79 Å². The molecule has 0 radical (unpaired) electrons. The summed E-state index contributed by atoms with van der Waals surface area (Å²) in [5, 5.41) is 0. The van der Waals surface area contributed by atoms with E-state index in [1.165, 1.54) is 24.3 Å². The molecule has 0 atom stereocenters. The van der Waals surface area contributed by atoms with Crippen molar-refractivity contribution in [3.8, 4) is 0 Å². The van der Waals surface area contributed by atoms with Crippen LogP contribution in [0.2, 0.25) is 0 Å². The summed E-state index contributed by atoms with van der Waals surface area (Å²) in [5.41, 5.74) is 0.147. The van der Waals surface area contributed by atoms with Crippen molar-refractivity contribution in [2.24, 2.45) is 0 Å². The van der Waals surface area contributed by atoms with Crippen LogP contribution in [0.1, 0.15) is 10.4 Å². The minimum Gasteiger partial charge on any atom is -0.298 e. The van der Waals surface area contributed by atoms with Crippen molar-refractivity contribution in [3.05, 3.63) is 58.6 Å². The van der Waals surface area contributed by atoms with E-state index in [0.717, 1.165) is 0 Å². The molecule has 0 aromatic heterocycles. The van der Waals surface area contributed by atoms with Gasteiger partial charge in [-0.15, -0.1) is 0 Å². The molecule has 0 N–H and O–H groups in total. The molecule has 0 aliphatic rings. The number of rotatable bonds is 3. The number of hydrogen-bond donors (Lipinski definition) is 0. The summed E-state index contributed by atoms with van der Waals surface area (Å²) in [6.07, 6.45) is 0.542. The molecule has 0 spiro atoms. The first-order valence-electron chi connectivity index (χ1n) is 5.10. The van der Waals surface area contributed by atoms with E-state index in [1.54, 1.807) is 24.3 Å². The lowest BCUT2D eigenvalue weighted by molar-refractivity contribution is 0.112. The Morgan fingerprint density at radius 1 is 1.00 bits per heavy atom. The third-order valence-corrected chi connectivity index (χ3v) is 4.78. The molecule has 0 heterocycles. The number of aldehydes is 1. The molecule has 0 bridgehead atoms. The molecule has 0 saturated heterocycles. The second-order valence-electron chi connectivity index (χ2n) is 3.62. The number of carbonyl (C=O) groups excluding carboxylic acids is 1. The lowest BCUT2D eigenvalue weighted by Gasteiger charge is -2.07. The predicted molar refractivity (Wildman–Crippen MR) is 71.4 cm³/mol. The summed E-state index contributed by atoms with van der Waals surface area (Å²) in [6, 6.07) is 12.6. The zero-order chi connectivity index (χ0) is 13.2. The van der Waals surface area contributed by atoms with Gasteiger partial charge in [0.15, 0.2) is 6.29 Å². The highest BCUT2D eigenvalue weighted by atomic mass is 79.9. The van der Waals surface area contributed by atoms with Crippen LogP contribution in [0.5, 0.6) is 0 Å². The van der Waals surface area contributed by atoms with Gasteiger partial charge in [-0.3, -0.25) is 4.79 Å². The average molecular weight is 325 g/mol. The molecule has 0 saturated carbocycles. The Bertz CT molecular complexity index is 679. The highest BCUT2D eigenvalue weighted by Crippen LogP contribution is 2.25. The van der Waals surface area contributed by atoms with E-state index in [4.69, 9.17) is 0 Å². The van der Waals surface area contributed by atoms with Crippen LogP contribution in [0.3, 0.4) is 0 Å². The van der Waals surface area contributed by atoms with E-state index in [2.05, 4.69) is 15.9 Å². The molecule has 0 fully saturated rings. The standard InChI is InChI=1S/C13H9BrO3S/c14-11-6-7-13(10(8-11)9-15)18(16,17)12-4-2-1-3-5-12/h1-9H. The molecular formula is C13H9BrO3S.